The number of benzene rings is 1. The molecule has 0 bridgehead atoms. The number of hydrogen-bond donors (Lipinski definition) is 1. The molecule has 0 aliphatic carbocycles. The van der Waals surface area contributed by atoms with E-state index in [4.69, 9.17) is 4.74 Å². The highest BCUT2D eigenvalue weighted by molar-refractivity contribution is 8.02. The maximum Gasteiger partial charge on any atom is 0.373 e. The molecule has 0 spiro atoms. The van der Waals surface area contributed by atoms with E-state index in [1.807, 2.05) is 36.6 Å². The Morgan fingerprint density at radius 3 is 2.79 bits per heavy atom. The van der Waals surface area contributed by atoms with E-state index in [9.17, 15) is 4.79 Å². The lowest BCUT2D eigenvalue weighted by Crippen LogP contribution is -2.35. The van der Waals surface area contributed by atoms with Gasteiger partial charge in [0.1, 0.15) is 0 Å². The molecular formula is C14H16N2O2S. The largest absolute Gasteiger partial charge is 0.460 e. The highest BCUT2D eigenvalue weighted by Crippen LogP contribution is 2.26. The molecule has 1 aromatic rings. The lowest BCUT2D eigenvalue weighted by molar-refractivity contribution is -0.135. The van der Waals surface area contributed by atoms with E-state index in [0.29, 0.717) is 13.2 Å². The minimum Gasteiger partial charge on any atom is -0.460 e. The number of aliphatic imine (C=N–C) groups is 1. The zero-order chi connectivity index (χ0) is 13.7. The number of amidine groups is 1. The predicted molar refractivity (Wildman–Crippen MR) is 78.9 cm³/mol. The zero-order valence-electron chi connectivity index (χ0n) is 11.0. The average Bonchev–Trinajstić information content (AvgIpc) is 2.47. The van der Waals surface area contributed by atoms with Gasteiger partial charge in [0.2, 0.25) is 5.84 Å². The van der Waals surface area contributed by atoms with Crippen LogP contribution in [0.3, 0.4) is 0 Å². The quantitative estimate of drug-likeness (QED) is 0.857. The number of hydrogen-bond acceptors (Lipinski definition) is 5. The molecule has 1 aliphatic heterocycles. The summed E-state index contributed by atoms with van der Waals surface area (Å²) in [6.45, 7) is 2.63. The molecule has 0 saturated heterocycles. The van der Waals surface area contributed by atoms with Crippen LogP contribution in [0.15, 0.2) is 40.2 Å². The molecule has 1 aromatic carbocycles. The van der Waals surface area contributed by atoms with Gasteiger partial charge in [-0.15, -0.1) is 11.8 Å². The fourth-order valence-electron chi connectivity index (χ4n) is 1.78. The maximum absolute atomic E-state index is 11.7. The molecule has 0 fully saturated rings. The van der Waals surface area contributed by atoms with Crippen molar-refractivity contribution in [1.29, 1.82) is 0 Å². The Balaban J connectivity index is 2.25. The van der Waals surface area contributed by atoms with Crippen LogP contribution in [-0.4, -0.2) is 31.2 Å². The Kier molecular flexibility index (Phi) is 4.63. The topological polar surface area (TPSA) is 50.7 Å². The third-order valence-corrected chi connectivity index (χ3v) is 3.51. The number of ether oxygens (including phenoxy) is 1. The first-order valence-electron chi connectivity index (χ1n) is 6.07. The van der Waals surface area contributed by atoms with Gasteiger partial charge in [0.05, 0.1) is 18.8 Å². The molecular weight excluding hydrogens is 260 g/mol. The van der Waals surface area contributed by atoms with Gasteiger partial charge in [0, 0.05) is 4.91 Å². The molecule has 4 nitrogen and oxygen atoms in total. The Labute approximate surface area is 116 Å². The number of nitrogens with zero attached hydrogens (tertiary/aromatic N) is 1. The van der Waals surface area contributed by atoms with E-state index < -0.39 is 5.97 Å². The minimum atomic E-state index is -0.406. The molecule has 100 valence electrons. The van der Waals surface area contributed by atoms with Crippen LogP contribution in [0.25, 0.3) is 5.70 Å². The summed E-state index contributed by atoms with van der Waals surface area (Å²) in [5.41, 5.74) is 1.98. The smallest absolute Gasteiger partial charge is 0.373 e. The minimum absolute atomic E-state index is 0.276. The molecule has 5 heteroatoms. The van der Waals surface area contributed by atoms with Gasteiger partial charge in [-0.25, -0.2) is 4.79 Å². The van der Waals surface area contributed by atoms with Crippen LogP contribution in [0, 0.1) is 0 Å². The van der Waals surface area contributed by atoms with Crippen molar-refractivity contribution >= 4 is 29.3 Å². The molecule has 2 rings (SSSR count). The van der Waals surface area contributed by atoms with Crippen molar-refractivity contribution in [1.82, 2.24) is 5.32 Å². The van der Waals surface area contributed by atoms with Gasteiger partial charge in [-0.1, -0.05) is 30.3 Å². The molecule has 1 heterocycles. The first-order chi connectivity index (χ1) is 9.26. The summed E-state index contributed by atoms with van der Waals surface area (Å²) in [5.74, 6) is -0.130. The summed E-state index contributed by atoms with van der Waals surface area (Å²) in [5, 5.41) is 3.09. The van der Waals surface area contributed by atoms with E-state index in [-0.39, 0.29) is 5.84 Å². The van der Waals surface area contributed by atoms with Crippen LogP contribution in [0.4, 0.5) is 0 Å². The fraction of sp³-hybridized carbons (Fsp3) is 0.286. The molecule has 1 aliphatic rings. The van der Waals surface area contributed by atoms with Crippen molar-refractivity contribution in [3.05, 3.63) is 40.8 Å². The summed E-state index contributed by atoms with van der Waals surface area (Å²) in [4.78, 5) is 17.1. The Hall–Kier alpha value is -1.75. The molecule has 0 amide bonds. The molecule has 1 N–H and O–H groups in total. The number of carbonyl (C=O) groups is 1. The van der Waals surface area contributed by atoms with Gasteiger partial charge in [0.25, 0.3) is 0 Å². The molecule has 0 saturated carbocycles. The molecule has 0 aromatic heterocycles. The number of rotatable bonds is 4. The summed E-state index contributed by atoms with van der Waals surface area (Å²) in [6.07, 6.45) is 2.00. The number of thioether (sulfide) groups is 1. The first kappa shape index (κ1) is 13.7. The van der Waals surface area contributed by atoms with Crippen molar-refractivity contribution in [2.24, 2.45) is 4.99 Å². The maximum atomic E-state index is 11.7. The summed E-state index contributed by atoms with van der Waals surface area (Å²) >= 11 is 1.63. The summed E-state index contributed by atoms with van der Waals surface area (Å²) in [7, 11) is 0. The van der Waals surface area contributed by atoms with E-state index in [2.05, 4.69) is 10.3 Å². The van der Waals surface area contributed by atoms with Crippen LogP contribution >= 0.6 is 11.8 Å². The van der Waals surface area contributed by atoms with E-state index in [1.165, 1.54) is 0 Å². The van der Waals surface area contributed by atoms with E-state index in [1.54, 1.807) is 18.7 Å². The van der Waals surface area contributed by atoms with Gasteiger partial charge < -0.3 is 10.1 Å². The van der Waals surface area contributed by atoms with Crippen LogP contribution in [0.5, 0.6) is 0 Å². The van der Waals surface area contributed by atoms with Gasteiger partial charge in [-0.05, 0) is 18.7 Å². The molecule has 19 heavy (non-hydrogen) atoms. The lowest BCUT2D eigenvalue weighted by Gasteiger charge is -2.20. The first-order valence-corrected chi connectivity index (χ1v) is 7.30. The molecule has 0 atom stereocenters. The Morgan fingerprint density at radius 1 is 1.42 bits per heavy atom. The van der Waals surface area contributed by atoms with Crippen molar-refractivity contribution in [2.75, 3.05) is 19.4 Å². The van der Waals surface area contributed by atoms with Crippen molar-refractivity contribution in [3.8, 4) is 0 Å². The standard InChI is InChI=1S/C14H16N2O2S/c1-3-18-14(17)13-15-9-11(19-2)12(16-13)10-7-5-4-6-8-10/h4-8H,3,9H2,1-2H3,(H,15,16). The van der Waals surface area contributed by atoms with Gasteiger partial charge in [0.15, 0.2) is 0 Å². The highest BCUT2D eigenvalue weighted by atomic mass is 32.2. The second-order valence-corrected chi connectivity index (χ2v) is 4.78. The molecule has 0 radical (unpaired) electrons. The number of nitrogens with one attached hydrogen (secondary N) is 1. The monoisotopic (exact) mass is 276 g/mol. The highest BCUT2D eigenvalue weighted by Gasteiger charge is 2.21. The predicted octanol–water partition coefficient (Wildman–Crippen LogP) is 2.28. The second kappa shape index (κ2) is 6.43. The van der Waals surface area contributed by atoms with Crippen molar-refractivity contribution in [2.45, 2.75) is 6.92 Å². The third-order valence-electron chi connectivity index (χ3n) is 2.68. The lowest BCUT2D eigenvalue weighted by atomic mass is 10.1. The summed E-state index contributed by atoms with van der Waals surface area (Å²) < 4.78 is 4.97. The summed E-state index contributed by atoms with van der Waals surface area (Å²) in [6, 6.07) is 9.92. The fourth-order valence-corrected chi connectivity index (χ4v) is 2.34. The number of esters is 1. The second-order valence-electron chi connectivity index (χ2n) is 3.88. The van der Waals surface area contributed by atoms with Crippen LogP contribution < -0.4 is 5.32 Å². The van der Waals surface area contributed by atoms with Crippen molar-refractivity contribution < 1.29 is 9.53 Å². The van der Waals surface area contributed by atoms with E-state index in [0.717, 1.165) is 16.2 Å². The number of carbonyl (C=O) groups excluding carboxylic acids is 1. The van der Waals surface area contributed by atoms with Crippen LogP contribution in [-0.2, 0) is 9.53 Å². The van der Waals surface area contributed by atoms with Gasteiger partial charge in [-0.2, -0.15) is 0 Å². The zero-order valence-corrected chi connectivity index (χ0v) is 11.8. The average molecular weight is 276 g/mol. The van der Waals surface area contributed by atoms with Gasteiger partial charge in [-0.3, -0.25) is 4.99 Å². The Bertz CT molecular complexity index is 524. The third kappa shape index (κ3) is 3.17. The van der Waals surface area contributed by atoms with Crippen molar-refractivity contribution in [3.63, 3.8) is 0 Å². The van der Waals surface area contributed by atoms with Gasteiger partial charge >= 0.3 is 5.97 Å². The SMILES string of the molecule is CCOC(=O)C1=NCC(SC)=C(c2ccccc2)N1. The normalized spacial score (nSPS) is 14.7. The molecule has 0 unspecified atom stereocenters. The van der Waals surface area contributed by atoms with Crippen LogP contribution in [0.2, 0.25) is 0 Å². The van der Waals surface area contributed by atoms with Crippen LogP contribution in [0.1, 0.15) is 12.5 Å². The van der Waals surface area contributed by atoms with E-state index >= 15 is 0 Å². The Morgan fingerprint density at radius 2 is 2.16 bits per heavy atom.